The quantitative estimate of drug-likeness (QED) is 0.265. The smallest absolute Gasteiger partial charge is 0.247 e. The molecule has 200 valence electrons. The molecule has 0 saturated heterocycles. The zero-order chi connectivity index (χ0) is 25.9. The lowest BCUT2D eigenvalue weighted by molar-refractivity contribution is -0.139. The van der Waals surface area contributed by atoms with Crippen LogP contribution in [0.15, 0.2) is 29.8 Å². The zero-order valence-electron chi connectivity index (χ0n) is 22.2. The Hall–Kier alpha value is -2.21. The Morgan fingerprint density at radius 3 is 2.58 bits per heavy atom. The first kappa shape index (κ1) is 28.4. The Kier molecular flexibility index (Phi) is 11.4. The number of benzene rings is 1. The van der Waals surface area contributed by atoms with Crippen LogP contribution in [0.25, 0.3) is 0 Å². The molecule has 2 aliphatic rings. The molecule has 1 saturated carbocycles. The molecule has 36 heavy (non-hydrogen) atoms. The van der Waals surface area contributed by atoms with E-state index in [0.717, 1.165) is 51.4 Å². The summed E-state index contributed by atoms with van der Waals surface area (Å²) in [6.45, 7) is 5.33. The van der Waals surface area contributed by atoms with E-state index < -0.39 is 6.04 Å². The van der Waals surface area contributed by atoms with Crippen molar-refractivity contribution >= 4 is 23.4 Å². The number of alkyl halides is 1. The van der Waals surface area contributed by atoms with Crippen LogP contribution in [-0.4, -0.2) is 48.9 Å². The first-order chi connectivity index (χ1) is 17.5. The van der Waals surface area contributed by atoms with Gasteiger partial charge in [-0.15, -0.1) is 11.6 Å². The molecule has 2 amide bonds. The van der Waals surface area contributed by atoms with Gasteiger partial charge in [0, 0.05) is 12.6 Å². The highest BCUT2D eigenvalue weighted by Crippen LogP contribution is 2.34. The highest BCUT2D eigenvalue weighted by Gasteiger charge is 2.33. The lowest BCUT2D eigenvalue weighted by Crippen LogP contribution is -2.48. The van der Waals surface area contributed by atoms with Gasteiger partial charge in [0.05, 0.1) is 13.7 Å². The summed E-state index contributed by atoms with van der Waals surface area (Å²) in [7, 11) is 1.59. The fourth-order valence-electron chi connectivity index (χ4n) is 5.21. The van der Waals surface area contributed by atoms with Gasteiger partial charge in [0.2, 0.25) is 11.8 Å². The topological polar surface area (TPSA) is 67.9 Å². The molecule has 1 atom stereocenters. The van der Waals surface area contributed by atoms with Crippen molar-refractivity contribution in [3.8, 4) is 11.5 Å². The minimum Gasteiger partial charge on any atom is -0.493 e. The maximum Gasteiger partial charge on any atom is 0.247 e. The second-order valence-electron chi connectivity index (χ2n) is 10.2. The summed E-state index contributed by atoms with van der Waals surface area (Å²) < 4.78 is 11.4. The molecule has 7 heteroatoms. The fraction of sp³-hybridized carbons (Fsp3) is 0.655. The number of hydrogen-bond donors (Lipinski definition) is 1. The number of nitrogens with one attached hydrogen (secondary N) is 1. The van der Waals surface area contributed by atoms with E-state index in [9.17, 15) is 9.59 Å². The number of ether oxygens (including phenoxy) is 2. The van der Waals surface area contributed by atoms with E-state index in [1.807, 2.05) is 25.1 Å². The summed E-state index contributed by atoms with van der Waals surface area (Å²) in [5.74, 6) is 1.31. The summed E-state index contributed by atoms with van der Waals surface area (Å²) >= 11 is 6.07. The summed E-state index contributed by atoms with van der Waals surface area (Å²) in [6, 6.07) is 4.87. The van der Waals surface area contributed by atoms with Crippen LogP contribution in [0.5, 0.6) is 11.5 Å². The average Bonchev–Trinajstić information content (AvgIpc) is 2.91. The van der Waals surface area contributed by atoms with Gasteiger partial charge in [-0.2, -0.15) is 0 Å². The molecule has 0 heterocycles. The van der Waals surface area contributed by atoms with E-state index in [0.29, 0.717) is 36.1 Å². The number of halogens is 1. The third-order valence-electron chi connectivity index (χ3n) is 7.38. The van der Waals surface area contributed by atoms with Gasteiger partial charge in [-0.1, -0.05) is 31.6 Å². The van der Waals surface area contributed by atoms with Gasteiger partial charge >= 0.3 is 0 Å². The van der Waals surface area contributed by atoms with E-state index in [2.05, 4.69) is 18.3 Å². The average molecular weight is 519 g/mol. The molecule has 0 spiro atoms. The molecule has 1 aromatic rings. The molecule has 1 fully saturated rings. The van der Waals surface area contributed by atoms with Crippen molar-refractivity contribution in [3.05, 3.63) is 35.4 Å². The third-order valence-corrected chi connectivity index (χ3v) is 7.61. The minimum atomic E-state index is -0.783. The highest BCUT2D eigenvalue weighted by atomic mass is 35.5. The van der Waals surface area contributed by atoms with Gasteiger partial charge in [-0.05, 0) is 87.8 Å². The van der Waals surface area contributed by atoms with Crippen LogP contribution >= 0.6 is 11.6 Å². The van der Waals surface area contributed by atoms with Crippen molar-refractivity contribution in [1.29, 1.82) is 0 Å². The number of nitrogens with zero attached hydrogens (tertiary/aromatic N) is 1. The van der Waals surface area contributed by atoms with E-state index >= 15 is 0 Å². The van der Waals surface area contributed by atoms with Crippen LogP contribution in [0.3, 0.4) is 0 Å². The normalized spacial score (nSPS) is 20.7. The Balaban J connectivity index is 1.91. The van der Waals surface area contributed by atoms with Crippen molar-refractivity contribution in [1.82, 2.24) is 10.2 Å². The van der Waals surface area contributed by atoms with Crippen LogP contribution in [-0.2, 0) is 9.59 Å². The van der Waals surface area contributed by atoms with Crippen molar-refractivity contribution in [2.45, 2.75) is 90.1 Å². The molecule has 1 unspecified atom stereocenters. The van der Waals surface area contributed by atoms with Gasteiger partial charge in [0.25, 0.3) is 0 Å². The molecule has 6 nitrogen and oxygen atoms in total. The predicted molar refractivity (Wildman–Crippen MR) is 145 cm³/mol. The summed E-state index contributed by atoms with van der Waals surface area (Å²) in [6.07, 6.45) is 12.6. The largest absolute Gasteiger partial charge is 0.493 e. The van der Waals surface area contributed by atoms with Crippen LogP contribution in [0.2, 0.25) is 0 Å². The Morgan fingerprint density at radius 2 is 1.94 bits per heavy atom. The van der Waals surface area contributed by atoms with Crippen molar-refractivity contribution in [3.63, 3.8) is 0 Å². The monoisotopic (exact) mass is 518 g/mol. The molecule has 0 aromatic heterocycles. The number of carbonyl (C=O) groups is 2. The van der Waals surface area contributed by atoms with Crippen LogP contribution in [0.1, 0.15) is 89.7 Å². The second-order valence-corrected chi connectivity index (χ2v) is 10.5. The highest BCUT2D eigenvalue weighted by molar-refractivity contribution is 6.27. The van der Waals surface area contributed by atoms with Gasteiger partial charge in [0.1, 0.15) is 11.9 Å². The van der Waals surface area contributed by atoms with Gasteiger partial charge in [0.15, 0.2) is 11.5 Å². The summed E-state index contributed by atoms with van der Waals surface area (Å²) in [4.78, 5) is 28.6. The van der Waals surface area contributed by atoms with Crippen molar-refractivity contribution in [2.75, 3.05) is 26.1 Å². The van der Waals surface area contributed by atoms with Crippen LogP contribution < -0.4 is 14.8 Å². The van der Waals surface area contributed by atoms with Crippen molar-refractivity contribution < 1.29 is 19.1 Å². The van der Waals surface area contributed by atoms with Crippen LogP contribution in [0, 0.1) is 5.92 Å². The summed E-state index contributed by atoms with van der Waals surface area (Å²) in [5, 5.41) is 3.26. The molecule has 1 aromatic carbocycles. The van der Waals surface area contributed by atoms with E-state index in [-0.39, 0.29) is 23.7 Å². The predicted octanol–water partition coefficient (Wildman–Crippen LogP) is 6.18. The van der Waals surface area contributed by atoms with Crippen molar-refractivity contribution in [2.24, 2.45) is 5.92 Å². The first-order valence-electron chi connectivity index (χ1n) is 13.6. The maximum atomic E-state index is 13.8. The number of carbonyl (C=O) groups excluding carboxylic acids is 2. The number of methoxy groups -OCH3 is 1. The number of hydrogen-bond acceptors (Lipinski definition) is 4. The lowest BCUT2D eigenvalue weighted by atomic mass is 9.87. The molecule has 0 aliphatic heterocycles. The first-order valence-corrected chi connectivity index (χ1v) is 14.1. The summed E-state index contributed by atoms with van der Waals surface area (Å²) in [5.41, 5.74) is 2.06. The zero-order valence-corrected chi connectivity index (χ0v) is 22.9. The van der Waals surface area contributed by atoms with E-state index in [1.54, 1.807) is 12.0 Å². The van der Waals surface area contributed by atoms with Gasteiger partial charge in [-0.25, -0.2) is 0 Å². The fourth-order valence-corrected chi connectivity index (χ4v) is 5.37. The van der Waals surface area contributed by atoms with E-state index in [4.69, 9.17) is 21.1 Å². The Morgan fingerprint density at radius 1 is 1.17 bits per heavy atom. The number of amides is 2. The molecule has 1 N–H and O–H groups in total. The molecule has 0 radical (unpaired) electrons. The molecular formula is C29H43ClN2O4. The van der Waals surface area contributed by atoms with Gasteiger partial charge < -0.3 is 19.7 Å². The second kappa shape index (κ2) is 14.5. The molecule has 0 bridgehead atoms. The Bertz CT molecular complexity index is 895. The molecule has 2 aliphatic carbocycles. The number of rotatable bonds is 12. The van der Waals surface area contributed by atoms with E-state index in [1.165, 1.54) is 18.4 Å². The number of allylic oxidation sites excluding steroid dienone is 1. The Labute approximate surface area is 221 Å². The molecule has 3 rings (SSSR count). The molecular weight excluding hydrogens is 476 g/mol. The SMILES string of the molecule is CCCOc1ccc(C(C(=O)NC2CCC(C)CC2)N(CCC2=CCCCC2)C(=O)CCl)cc1OC. The minimum absolute atomic E-state index is 0.124. The maximum absolute atomic E-state index is 13.8. The standard InChI is InChI=1S/C29H43ClN2O4/c1-4-18-36-25-15-12-23(19-26(25)35-3)28(29(34)31-24-13-10-21(2)11-14-24)32(27(33)20-30)17-16-22-8-6-5-7-9-22/h8,12,15,19,21,24,28H,4-7,9-11,13-14,16-18,20H2,1-3H3,(H,31,34). The third kappa shape index (κ3) is 7.89. The van der Waals surface area contributed by atoms with Gasteiger partial charge in [-0.3, -0.25) is 9.59 Å². The van der Waals surface area contributed by atoms with Crippen LogP contribution in [0.4, 0.5) is 0 Å². The lowest BCUT2D eigenvalue weighted by Gasteiger charge is -2.34.